The molecule has 2 aromatic carbocycles. The van der Waals surface area contributed by atoms with E-state index in [-0.39, 0.29) is 15.9 Å². The Kier molecular flexibility index (Phi) is 9.31. The number of benzene rings is 2. The van der Waals surface area contributed by atoms with E-state index in [9.17, 15) is 4.79 Å². The molecule has 2 aromatic rings. The highest BCUT2D eigenvalue weighted by Gasteiger charge is 2.37. The number of hydrogen-bond acceptors (Lipinski definition) is 3. The lowest BCUT2D eigenvalue weighted by Gasteiger charge is -2.36. The van der Waals surface area contributed by atoms with Crippen LogP contribution in [0.2, 0.25) is 36.3 Å². The number of hydrogen-bond donors (Lipinski definition) is 0. The second-order valence-electron chi connectivity index (χ2n) is 12.4. The Labute approximate surface area is 210 Å². The van der Waals surface area contributed by atoms with Gasteiger partial charge in [-0.25, -0.2) is 0 Å². The van der Waals surface area contributed by atoms with Crippen LogP contribution in [0.1, 0.15) is 68.6 Å². The summed E-state index contributed by atoms with van der Waals surface area (Å²) in [7, 11) is -3.45. The lowest BCUT2D eigenvalue weighted by atomic mass is 10.00. The van der Waals surface area contributed by atoms with Gasteiger partial charge in [0.05, 0.1) is 0 Å². The molecule has 3 nitrogen and oxygen atoms in total. The van der Waals surface area contributed by atoms with E-state index >= 15 is 0 Å². The van der Waals surface area contributed by atoms with Gasteiger partial charge < -0.3 is 8.85 Å². The van der Waals surface area contributed by atoms with Crippen LogP contribution in [0.25, 0.3) is 0 Å². The molecule has 34 heavy (non-hydrogen) atoms. The van der Waals surface area contributed by atoms with Gasteiger partial charge in [-0.3, -0.25) is 4.79 Å². The maximum absolute atomic E-state index is 12.9. The van der Waals surface area contributed by atoms with E-state index in [4.69, 9.17) is 8.85 Å². The summed E-state index contributed by atoms with van der Waals surface area (Å²) in [5.41, 5.74) is 3.85. The van der Waals surface area contributed by atoms with Crippen LogP contribution in [-0.4, -0.2) is 35.6 Å². The monoisotopic (exact) mass is 498 g/mol. The van der Waals surface area contributed by atoms with Crippen LogP contribution in [-0.2, 0) is 21.7 Å². The molecule has 0 atom stereocenters. The van der Waals surface area contributed by atoms with Crippen molar-refractivity contribution in [3.63, 3.8) is 0 Å². The second-order valence-corrected chi connectivity index (χ2v) is 22.1. The standard InChI is InChI=1S/C29H46O3Si2/c1-28(2,3)33(7,8)31-21-19-23-11-15-25(16-12-23)27(30)26-17-13-24(14-18-26)20-22-32-34(9,10)29(4,5)6/h11-18H,19-22H2,1-10H3. The zero-order valence-corrected chi connectivity index (χ0v) is 25.2. The first kappa shape index (κ1) is 28.7. The smallest absolute Gasteiger partial charge is 0.193 e. The van der Waals surface area contributed by atoms with Gasteiger partial charge in [0.1, 0.15) is 0 Å². The molecule has 0 spiro atoms. The second kappa shape index (κ2) is 11.0. The van der Waals surface area contributed by atoms with Gasteiger partial charge in [-0.15, -0.1) is 0 Å². The molecular formula is C29H46O3Si2. The normalized spacial score (nSPS) is 13.2. The SMILES string of the molecule is CC(C)(C)[Si](C)(C)OCCc1ccc(C(=O)c2ccc(CCO[Si](C)(C)C(C)(C)C)cc2)cc1. The van der Waals surface area contributed by atoms with Crippen molar-refractivity contribution < 1.29 is 13.6 Å². The van der Waals surface area contributed by atoms with E-state index in [0.717, 1.165) is 37.2 Å². The molecule has 188 valence electrons. The Morgan fingerprint density at radius 2 is 0.912 bits per heavy atom. The molecular weight excluding hydrogens is 452 g/mol. The fourth-order valence-electron chi connectivity index (χ4n) is 3.09. The van der Waals surface area contributed by atoms with Crippen LogP contribution in [0.15, 0.2) is 48.5 Å². The van der Waals surface area contributed by atoms with Crippen molar-refractivity contribution in [1.29, 1.82) is 0 Å². The van der Waals surface area contributed by atoms with E-state index in [1.165, 1.54) is 11.1 Å². The lowest BCUT2D eigenvalue weighted by Crippen LogP contribution is -2.41. The molecule has 0 heterocycles. The van der Waals surface area contributed by atoms with Crippen LogP contribution in [0.4, 0.5) is 0 Å². The minimum atomic E-state index is -1.72. The van der Waals surface area contributed by atoms with Gasteiger partial charge in [0, 0.05) is 24.3 Å². The van der Waals surface area contributed by atoms with Crippen molar-refractivity contribution in [2.24, 2.45) is 0 Å². The highest BCUT2D eigenvalue weighted by molar-refractivity contribution is 6.74. The molecule has 0 N–H and O–H groups in total. The fraction of sp³-hybridized carbons (Fsp3) is 0.552. The molecule has 0 aliphatic carbocycles. The van der Waals surface area contributed by atoms with Gasteiger partial charge in [0.2, 0.25) is 0 Å². The molecule has 0 saturated carbocycles. The Bertz CT molecular complexity index is 854. The molecule has 0 radical (unpaired) electrons. The Morgan fingerprint density at radius 3 is 1.18 bits per heavy atom. The van der Waals surface area contributed by atoms with Crippen LogP contribution in [0, 0.1) is 0 Å². The van der Waals surface area contributed by atoms with Crippen LogP contribution >= 0.6 is 0 Å². The number of carbonyl (C=O) groups excluding carboxylic acids is 1. The molecule has 0 unspecified atom stereocenters. The Morgan fingerprint density at radius 1 is 0.618 bits per heavy atom. The molecule has 0 fully saturated rings. The Balaban J connectivity index is 1.90. The predicted octanol–water partition coefficient (Wildman–Crippen LogP) is 8.05. The van der Waals surface area contributed by atoms with Crippen molar-refractivity contribution in [2.45, 2.75) is 90.6 Å². The quantitative estimate of drug-likeness (QED) is 0.245. The van der Waals surface area contributed by atoms with Gasteiger partial charge in [0.25, 0.3) is 0 Å². The summed E-state index contributed by atoms with van der Waals surface area (Å²) < 4.78 is 12.6. The van der Waals surface area contributed by atoms with Crippen LogP contribution in [0.3, 0.4) is 0 Å². The molecule has 0 aromatic heterocycles. The van der Waals surface area contributed by atoms with Gasteiger partial charge in [-0.1, -0.05) is 90.1 Å². The van der Waals surface area contributed by atoms with Gasteiger partial charge >= 0.3 is 0 Å². The minimum Gasteiger partial charge on any atom is -0.416 e. The molecule has 0 saturated heterocycles. The van der Waals surface area contributed by atoms with E-state index in [1.54, 1.807) is 0 Å². The number of ketones is 1. The summed E-state index contributed by atoms with van der Waals surface area (Å²) in [6.07, 6.45) is 1.74. The third-order valence-corrected chi connectivity index (χ3v) is 16.8. The maximum Gasteiger partial charge on any atom is 0.193 e. The van der Waals surface area contributed by atoms with E-state index in [2.05, 4.69) is 92.0 Å². The maximum atomic E-state index is 12.9. The number of carbonyl (C=O) groups is 1. The van der Waals surface area contributed by atoms with Gasteiger partial charge in [0.15, 0.2) is 22.4 Å². The molecule has 0 aliphatic rings. The third-order valence-electron chi connectivity index (χ3n) is 7.75. The molecule has 5 heteroatoms. The topological polar surface area (TPSA) is 35.5 Å². The zero-order chi connectivity index (χ0) is 25.8. The van der Waals surface area contributed by atoms with Crippen molar-refractivity contribution in [2.75, 3.05) is 13.2 Å². The van der Waals surface area contributed by atoms with Gasteiger partial charge in [-0.2, -0.15) is 0 Å². The minimum absolute atomic E-state index is 0.0631. The largest absolute Gasteiger partial charge is 0.416 e. The van der Waals surface area contributed by atoms with Crippen LogP contribution in [0.5, 0.6) is 0 Å². The average Bonchev–Trinajstić information content (AvgIpc) is 2.72. The highest BCUT2D eigenvalue weighted by atomic mass is 28.4. The lowest BCUT2D eigenvalue weighted by molar-refractivity contribution is 0.103. The average molecular weight is 499 g/mol. The first-order chi connectivity index (χ1) is 15.5. The van der Waals surface area contributed by atoms with E-state index in [1.807, 2.05) is 24.3 Å². The van der Waals surface area contributed by atoms with Gasteiger partial charge in [-0.05, 0) is 60.2 Å². The predicted molar refractivity (Wildman–Crippen MR) is 150 cm³/mol. The summed E-state index contributed by atoms with van der Waals surface area (Å²) in [6.45, 7) is 24.1. The number of rotatable bonds is 10. The fourth-order valence-corrected chi connectivity index (χ4v) is 5.18. The highest BCUT2D eigenvalue weighted by Crippen LogP contribution is 2.37. The van der Waals surface area contributed by atoms with E-state index in [0.29, 0.717) is 0 Å². The summed E-state index contributed by atoms with van der Waals surface area (Å²) >= 11 is 0. The summed E-state index contributed by atoms with van der Waals surface area (Å²) in [5.74, 6) is 0.0631. The molecule has 0 bridgehead atoms. The molecule has 0 aliphatic heterocycles. The van der Waals surface area contributed by atoms with E-state index < -0.39 is 16.6 Å². The molecule has 2 rings (SSSR count). The molecule has 0 amide bonds. The van der Waals surface area contributed by atoms with Crippen molar-refractivity contribution in [3.05, 3.63) is 70.8 Å². The Hall–Kier alpha value is -1.54. The summed E-state index contributed by atoms with van der Waals surface area (Å²) in [6, 6.07) is 15.9. The summed E-state index contributed by atoms with van der Waals surface area (Å²) in [4.78, 5) is 12.9. The first-order valence-corrected chi connectivity index (χ1v) is 18.4. The first-order valence-electron chi connectivity index (χ1n) is 12.5. The van der Waals surface area contributed by atoms with Crippen molar-refractivity contribution in [3.8, 4) is 0 Å². The van der Waals surface area contributed by atoms with Crippen LogP contribution < -0.4 is 0 Å². The third kappa shape index (κ3) is 7.74. The van der Waals surface area contributed by atoms with Crippen molar-refractivity contribution in [1.82, 2.24) is 0 Å². The van der Waals surface area contributed by atoms with Crippen molar-refractivity contribution >= 4 is 22.4 Å². The zero-order valence-electron chi connectivity index (χ0n) is 23.2. The summed E-state index contributed by atoms with van der Waals surface area (Å²) in [5, 5.41) is 0.438.